The van der Waals surface area contributed by atoms with Crippen molar-refractivity contribution >= 4 is 35.7 Å². The fourth-order valence-electron chi connectivity index (χ4n) is 1.18. The molecule has 0 atom stereocenters. The van der Waals surface area contributed by atoms with E-state index in [1.54, 1.807) is 12.1 Å². The first-order valence-electron chi connectivity index (χ1n) is 4.16. The van der Waals surface area contributed by atoms with Gasteiger partial charge in [0.25, 0.3) is 9.05 Å². The summed E-state index contributed by atoms with van der Waals surface area (Å²) in [6.07, 6.45) is 0.805. The van der Waals surface area contributed by atoms with Gasteiger partial charge in [0, 0.05) is 16.0 Å². The van der Waals surface area contributed by atoms with Crippen LogP contribution in [0.3, 0.4) is 0 Å². The summed E-state index contributed by atoms with van der Waals surface area (Å²) >= 11 is 3.31. The molecule has 0 radical (unpaired) electrons. The van der Waals surface area contributed by atoms with Gasteiger partial charge in [-0.1, -0.05) is 22.0 Å². The van der Waals surface area contributed by atoms with Crippen molar-refractivity contribution in [1.82, 2.24) is 0 Å². The lowest BCUT2D eigenvalue weighted by molar-refractivity contribution is 0.402. The van der Waals surface area contributed by atoms with Crippen molar-refractivity contribution in [3.05, 3.63) is 23.8 Å². The molecule has 0 aliphatic heterocycles. The Morgan fingerprint density at radius 2 is 2.13 bits per heavy atom. The Hall–Kier alpha value is -0.260. The Morgan fingerprint density at radius 3 is 2.60 bits per heavy atom. The quantitative estimate of drug-likeness (QED) is 0.634. The molecule has 0 amide bonds. The molecule has 1 rings (SSSR count). The molecule has 0 unspecified atom stereocenters. The average molecular weight is 314 g/mol. The maximum absolute atomic E-state index is 11.2. The molecule has 0 N–H and O–H groups in total. The van der Waals surface area contributed by atoms with Crippen LogP contribution in [0.2, 0.25) is 0 Å². The Kier molecular flexibility index (Phi) is 4.43. The maximum Gasteiger partial charge on any atom is 0.264 e. The number of hydrogen-bond acceptors (Lipinski definition) is 3. The lowest BCUT2D eigenvalue weighted by Gasteiger charge is -2.07. The van der Waals surface area contributed by atoms with E-state index in [1.807, 2.05) is 0 Å². The van der Waals surface area contributed by atoms with Crippen molar-refractivity contribution in [2.24, 2.45) is 0 Å². The summed E-state index contributed by atoms with van der Waals surface area (Å²) < 4.78 is 27.3. The first kappa shape index (κ1) is 12.8. The first-order valence-corrected chi connectivity index (χ1v) is 7.59. The van der Waals surface area contributed by atoms with Crippen LogP contribution in [0.25, 0.3) is 0 Å². The van der Waals surface area contributed by atoms with Crippen molar-refractivity contribution in [3.8, 4) is 5.75 Å². The molecule has 1 aromatic rings. The summed E-state index contributed by atoms with van der Waals surface area (Å²) in [5, 5.41) is 0.809. The fraction of sp³-hybridized carbons (Fsp3) is 0.333. The molecule has 0 aliphatic carbocycles. The number of ether oxygens (including phenoxy) is 1. The smallest absolute Gasteiger partial charge is 0.264 e. The molecule has 0 aromatic heterocycles. The number of hydrogen-bond donors (Lipinski definition) is 0. The molecule has 0 aliphatic rings. The molecule has 15 heavy (non-hydrogen) atoms. The Bertz CT molecular complexity index is 445. The van der Waals surface area contributed by atoms with E-state index in [0.717, 1.165) is 17.3 Å². The summed E-state index contributed by atoms with van der Waals surface area (Å²) in [5.41, 5.74) is 0.993. The zero-order valence-electron chi connectivity index (χ0n) is 8.04. The molecule has 84 valence electrons. The third-order valence-corrected chi connectivity index (χ3v) is 3.63. The number of methoxy groups -OCH3 is 1. The van der Waals surface area contributed by atoms with Gasteiger partial charge in [0.2, 0.25) is 0 Å². The zero-order valence-corrected chi connectivity index (χ0v) is 11.2. The molecule has 0 heterocycles. The van der Waals surface area contributed by atoms with E-state index in [1.165, 1.54) is 13.2 Å². The molecule has 3 nitrogen and oxygen atoms in total. The van der Waals surface area contributed by atoms with Gasteiger partial charge in [-0.25, -0.2) is 8.42 Å². The Labute approximate surface area is 102 Å². The lowest BCUT2D eigenvalue weighted by atomic mass is 10.2. The standard InChI is InChI=1S/C9H10BrClO3S/c1-14-8-6-7(4-5-10)2-3-9(8)15(11,12)13/h2-3,6H,4-5H2,1H3. The van der Waals surface area contributed by atoms with Crippen LogP contribution in [0.5, 0.6) is 5.75 Å². The van der Waals surface area contributed by atoms with Crippen LogP contribution >= 0.6 is 26.6 Å². The highest BCUT2D eigenvalue weighted by Crippen LogP contribution is 2.27. The molecule has 6 heteroatoms. The van der Waals surface area contributed by atoms with Gasteiger partial charge < -0.3 is 4.74 Å². The van der Waals surface area contributed by atoms with E-state index in [2.05, 4.69) is 15.9 Å². The summed E-state index contributed by atoms with van der Waals surface area (Å²) in [6.45, 7) is 0. The third kappa shape index (κ3) is 3.36. The molecule has 0 saturated heterocycles. The van der Waals surface area contributed by atoms with E-state index in [0.29, 0.717) is 0 Å². The molecule has 1 aromatic carbocycles. The lowest BCUT2D eigenvalue weighted by Crippen LogP contribution is -1.97. The van der Waals surface area contributed by atoms with Crippen molar-refractivity contribution in [1.29, 1.82) is 0 Å². The van der Waals surface area contributed by atoms with Crippen LogP contribution in [-0.4, -0.2) is 20.9 Å². The SMILES string of the molecule is COc1cc(CCBr)ccc1S(=O)(=O)Cl. The van der Waals surface area contributed by atoms with Crippen molar-refractivity contribution < 1.29 is 13.2 Å². The van der Waals surface area contributed by atoms with E-state index < -0.39 is 9.05 Å². The van der Waals surface area contributed by atoms with Crippen LogP contribution in [0.4, 0.5) is 0 Å². The van der Waals surface area contributed by atoms with E-state index >= 15 is 0 Å². The highest BCUT2D eigenvalue weighted by molar-refractivity contribution is 9.09. The Morgan fingerprint density at radius 1 is 1.47 bits per heavy atom. The fourth-order valence-corrected chi connectivity index (χ4v) is 2.63. The van der Waals surface area contributed by atoms with Crippen LogP contribution in [0.15, 0.2) is 23.1 Å². The zero-order chi connectivity index (χ0) is 11.5. The number of halogens is 2. The summed E-state index contributed by atoms with van der Waals surface area (Å²) in [4.78, 5) is 0.00462. The van der Waals surface area contributed by atoms with Gasteiger partial charge in [0.1, 0.15) is 10.6 Å². The van der Waals surface area contributed by atoms with Gasteiger partial charge >= 0.3 is 0 Å². The highest BCUT2D eigenvalue weighted by Gasteiger charge is 2.16. The predicted octanol–water partition coefficient (Wildman–Crippen LogP) is 2.56. The monoisotopic (exact) mass is 312 g/mol. The van der Waals surface area contributed by atoms with Gasteiger partial charge in [0.15, 0.2) is 0 Å². The highest BCUT2D eigenvalue weighted by atomic mass is 79.9. The minimum absolute atomic E-state index is 0.00462. The predicted molar refractivity (Wildman–Crippen MR) is 63.5 cm³/mol. The van der Waals surface area contributed by atoms with Gasteiger partial charge in [0.05, 0.1) is 7.11 Å². The van der Waals surface area contributed by atoms with Crippen LogP contribution in [-0.2, 0) is 15.5 Å². The second-order valence-corrected chi connectivity index (χ2v) is 6.19. The largest absolute Gasteiger partial charge is 0.495 e. The number of alkyl halides is 1. The molecule has 0 bridgehead atoms. The summed E-state index contributed by atoms with van der Waals surface area (Å²) in [6, 6.07) is 4.86. The van der Waals surface area contributed by atoms with Crippen LogP contribution in [0.1, 0.15) is 5.56 Å². The molecular formula is C9H10BrClO3S. The molecule has 0 spiro atoms. The van der Waals surface area contributed by atoms with Gasteiger partial charge in [-0.15, -0.1) is 0 Å². The number of rotatable bonds is 4. The van der Waals surface area contributed by atoms with Crippen LogP contribution < -0.4 is 4.74 Å². The van der Waals surface area contributed by atoms with E-state index in [-0.39, 0.29) is 10.6 Å². The number of benzene rings is 1. The van der Waals surface area contributed by atoms with Crippen LogP contribution in [0, 0.1) is 0 Å². The minimum atomic E-state index is -3.74. The molecule has 0 saturated carbocycles. The maximum atomic E-state index is 11.2. The molecular weight excluding hydrogens is 304 g/mol. The molecule has 0 fully saturated rings. The third-order valence-electron chi connectivity index (χ3n) is 1.87. The van der Waals surface area contributed by atoms with Gasteiger partial charge in [-0.3, -0.25) is 0 Å². The van der Waals surface area contributed by atoms with Crippen molar-refractivity contribution in [3.63, 3.8) is 0 Å². The second-order valence-electron chi connectivity index (χ2n) is 2.86. The average Bonchev–Trinajstić information content (AvgIpc) is 2.16. The minimum Gasteiger partial charge on any atom is -0.495 e. The first-order chi connectivity index (χ1) is 6.99. The normalized spacial score (nSPS) is 11.4. The van der Waals surface area contributed by atoms with Gasteiger partial charge in [-0.05, 0) is 24.1 Å². The topological polar surface area (TPSA) is 43.4 Å². The number of aryl methyl sites for hydroxylation is 1. The summed E-state index contributed by atoms with van der Waals surface area (Å²) in [5.74, 6) is 0.281. The van der Waals surface area contributed by atoms with Crippen molar-refractivity contribution in [2.45, 2.75) is 11.3 Å². The van der Waals surface area contributed by atoms with Gasteiger partial charge in [-0.2, -0.15) is 0 Å². The van der Waals surface area contributed by atoms with Crippen molar-refractivity contribution in [2.75, 3.05) is 12.4 Å². The van der Waals surface area contributed by atoms with E-state index in [9.17, 15) is 8.42 Å². The van der Waals surface area contributed by atoms with E-state index in [4.69, 9.17) is 15.4 Å². The Balaban J connectivity index is 3.21. The second kappa shape index (κ2) is 5.18. The summed E-state index contributed by atoms with van der Waals surface area (Å²) in [7, 11) is 2.93.